The molecule has 1 unspecified atom stereocenters. The summed E-state index contributed by atoms with van der Waals surface area (Å²) in [4.78, 5) is 4.65. The van der Waals surface area contributed by atoms with E-state index in [9.17, 15) is 0 Å². The molecule has 3 heterocycles. The van der Waals surface area contributed by atoms with Gasteiger partial charge in [-0.25, -0.2) is 4.98 Å². The van der Waals surface area contributed by atoms with E-state index in [1.807, 2.05) is 12.3 Å². The van der Waals surface area contributed by atoms with Crippen molar-refractivity contribution in [2.75, 3.05) is 13.1 Å². The van der Waals surface area contributed by atoms with Gasteiger partial charge in [0.25, 0.3) is 0 Å². The van der Waals surface area contributed by atoms with E-state index in [1.165, 1.54) is 5.57 Å². The van der Waals surface area contributed by atoms with Crippen LogP contribution in [0.4, 0.5) is 0 Å². The van der Waals surface area contributed by atoms with Crippen LogP contribution in [0.1, 0.15) is 18.5 Å². The van der Waals surface area contributed by atoms with E-state index >= 15 is 0 Å². The number of halogens is 1. The largest absolute Gasteiger partial charge is 0.371 e. The van der Waals surface area contributed by atoms with Gasteiger partial charge in [0.05, 0.1) is 11.0 Å². The molecule has 18 heavy (non-hydrogen) atoms. The maximum absolute atomic E-state index is 6.03. The number of nitrogens with one attached hydrogen (secondary N) is 2. The molecule has 94 valence electrons. The number of pyridine rings is 1. The van der Waals surface area contributed by atoms with Crippen LogP contribution in [0.5, 0.6) is 0 Å². The van der Waals surface area contributed by atoms with Gasteiger partial charge >= 0.3 is 0 Å². The van der Waals surface area contributed by atoms with E-state index in [4.69, 9.17) is 11.6 Å². The molecule has 1 aromatic heterocycles. The maximum Gasteiger partial charge on any atom is 0.122 e. The highest BCUT2D eigenvalue weighted by Crippen LogP contribution is 2.13. The third-order valence-corrected chi connectivity index (χ3v) is 3.53. The second-order valence-electron chi connectivity index (χ2n) is 4.64. The van der Waals surface area contributed by atoms with Crippen molar-refractivity contribution >= 4 is 30.0 Å². The first-order valence-corrected chi connectivity index (χ1v) is 6.74. The fourth-order valence-electron chi connectivity index (χ4n) is 2.29. The molecule has 0 amide bonds. The van der Waals surface area contributed by atoms with E-state index in [0.29, 0.717) is 0 Å². The SMILES string of the molecule is ClC1C=c2nc(C=C3CCNCC3)ccc2=CN1. The number of piperidine rings is 1. The van der Waals surface area contributed by atoms with Crippen LogP contribution >= 0.6 is 11.6 Å². The molecule has 0 aromatic carbocycles. The van der Waals surface area contributed by atoms with Gasteiger partial charge < -0.3 is 10.6 Å². The average Bonchev–Trinajstić information content (AvgIpc) is 2.39. The van der Waals surface area contributed by atoms with E-state index in [1.54, 1.807) is 0 Å². The highest BCUT2D eigenvalue weighted by atomic mass is 35.5. The molecule has 0 radical (unpaired) electrons. The van der Waals surface area contributed by atoms with Crippen LogP contribution < -0.4 is 21.2 Å². The minimum atomic E-state index is -0.160. The van der Waals surface area contributed by atoms with Gasteiger partial charge in [-0.1, -0.05) is 17.2 Å². The molecule has 0 aliphatic carbocycles. The second kappa shape index (κ2) is 5.12. The number of fused-ring (bicyclic) bond motifs is 1. The Labute approximate surface area is 111 Å². The zero-order valence-electron chi connectivity index (χ0n) is 10.1. The molecule has 1 saturated heterocycles. The Morgan fingerprint density at radius 2 is 2.11 bits per heavy atom. The fourth-order valence-corrected chi connectivity index (χ4v) is 2.48. The van der Waals surface area contributed by atoms with Crippen molar-refractivity contribution in [3.8, 4) is 0 Å². The molecule has 2 aliphatic rings. The number of nitrogens with zero attached hydrogens (tertiary/aromatic N) is 1. The Morgan fingerprint density at radius 1 is 1.28 bits per heavy atom. The van der Waals surface area contributed by atoms with Crippen LogP contribution in [0.3, 0.4) is 0 Å². The van der Waals surface area contributed by atoms with Crippen molar-refractivity contribution in [2.24, 2.45) is 0 Å². The molecule has 2 aliphatic heterocycles. The monoisotopic (exact) mass is 261 g/mol. The van der Waals surface area contributed by atoms with Gasteiger partial charge in [-0.3, -0.25) is 0 Å². The van der Waals surface area contributed by atoms with E-state index in [0.717, 1.165) is 42.2 Å². The van der Waals surface area contributed by atoms with Crippen molar-refractivity contribution in [3.05, 3.63) is 34.0 Å². The summed E-state index contributed by atoms with van der Waals surface area (Å²) >= 11 is 6.03. The molecule has 1 atom stereocenters. The highest BCUT2D eigenvalue weighted by Gasteiger charge is 2.06. The molecule has 3 nitrogen and oxygen atoms in total. The molecule has 0 saturated carbocycles. The van der Waals surface area contributed by atoms with Crippen molar-refractivity contribution in [1.29, 1.82) is 0 Å². The number of alkyl halides is 1. The molecule has 2 N–H and O–H groups in total. The summed E-state index contributed by atoms with van der Waals surface area (Å²) in [6.45, 7) is 2.15. The van der Waals surface area contributed by atoms with Crippen molar-refractivity contribution < 1.29 is 0 Å². The number of rotatable bonds is 1. The lowest BCUT2D eigenvalue weighted by Crippen LogP contribution is -2.38. The predicted octanol–water partition coefficient (Wildman–Crippen LogP) is 0.535. The number of hydrogen-bond donors (Lipinski definition) is 2. The van der Waals surface area contributed by atoms with Crippen LogP contribution in [0, 0.1) is 0 Å². The van der Waals surface area contributed by atoms with Crippen LogP contribution in [-0.2, 0) is 0 Å². The minimum absolute atomic E-state index is 0.160. The molecule has 3 rings (SSSR count). The number of aromatic nitrogens is 1. The lowest BCUT2D eigenvalue weighted by atomic mass is 10.0. The zero-order valence-corrected chi connectivity index (χ0v) is 10.9. The molecule has 4 heteroatoms. The summed E-state index contributed by atoms with van der Waals surface area (Å²) in [7, 11) is 0. The van der Waals surface area contributed by atoms with Crippen molar-refractivity contribution in [3.63, 3.8) is 0 Å². The lowest BCUT2D eigenvalue weighted by Gasteiger charge is -2.15. The number of hydrogen-bond acceptors (Lipinski definition) is 3. The zero-order chi connectivity index (χ0) is 12.4. The molecule has 0 spiro atoms. The Hall–Kier alpha value is -1.32. The van der Waals surface area contributed by atoms with E-state index in [-0.39, 0.29) is 5.50 Å². The molecule has 1 aromatic rings. The predicted molar refractivity (Wildman–Crippen MR) is 75.3 cm³/mol. The molecular formula is C14H16ClN3. The van der Waals surface area contributed by atoms with Crippen molar-refractivity contribution in [1.82, 2.24) is 15.6 Å². The Bertz CT molecular complexity index is 584. The fraction of sp³-hybridized carbons (Fsp3) is 0.357. The Balaban J connectivity index is 1.95. The van der Waals surface area contributed by atoms with Crippen LogP contribution in [0.25, 0.3) is 18.4 Å². The van der Waals surface area contributed by atoms with Crippen LogP contribution in [0.2, 0.25) is 0 Å². The van der Waals surface area contributed by atoms with Gasteiger partial charge in [-0.2, -0.15) is 0 Å². The first kappa shape index (κ1) is 11.8. The normalized spacial score (nSPS) is 22.3. The quantitative estimate of drug-likeness (QED) is 0.572. The van der Waals surface area contributed by atoms with Gasteiger partial charge in [0.15, 0.2) is 0 Å². The van der Waals surface area contributed by atoms with Gasteiger partial charge in [0, 0.05) is 11.4 Å². The smallest absolute Gasteiger partial charge is 0.122 e. The lowest BCUT2D eigenvalue weighted by molar-refractivity contribution is 0.613. The molecule has 0 bridgehead atoms. The maximum atomic E-state index is 6.03. The minimum Gasteiger partial charge on any atom is -0.371 e. The first-order valence-electron chi connectivity index (χ1n) is 6.31. The topological polar surface area (TPSA) is 37.0 Å². The first-order chi connectivity index (χ1) is 8.81. The third kappa shape index (κ3) is 2.57. The van der Waals surface area contributed by atoms with E-state index < -0.39 is 0 Å². The summed E-state index contributed by atoms with van der Waals surface area (Å²) in [5, 5.41) is 8.48. The molecule has 1 fully saturated rings. The van der Waals surface area contributed by atoms with Gasteiger partial charge in [-0.15, -0.1) is 0 Å². The average molecular weight is 262 g/mol. The van der Waals surface area contributed by atoms with Crippen molar-refractivity contribution in [2.45, 2.75) is 18.3 Å². The summed E-state index contributed by atoms with van der Waals surface area (Å²) < 4.78 is 0. The summed E-state index contributed by atoms with van der Waals surface area (Å²) in [5.74, 6) is 0. The van der Waals surface area contributed by atoms with E-state index in [2.05, 4.69) is 33.8 Å². The summed E-state index contributed by atoms with van der Waals surface area (Å²) in [5.41, 5.74) is 2.34. The van der Waals surface area contributed by atoms with Crippen LogP contribution in [-0.4, -0.2) is 23.6 Å². The summed E-state index contributed by atoms with van der Waals surface area (Å²) in [6, 6.07) is 4.15. The third-order valence-electron chi connectivity index (χ3n) is 3.28. The van der Waals surface area contributed by atoms with Gasteiger partial charge in [0.2, 0.25) is 0 Å². The van der Waals surface area contributed by atoms with Gasteiger partial charge in [-0.05, 0) is 50.2 Å². The highest BCUT2D eigenvalue weighted by molar-refractivity contribution is 6.23. The Kier molecular flexibility index (Phi) is 3.35. The second-order valence-corrected chi connectivity index (χ2v) is 5.11. The van der Waals surface area contributed by atoms with Gasteiger partial charge in [0.1, 0.15) is 5.50 Å². The van der Waals surface area contributed by atoms with Crippen LogP contribution in [0.15, 0.2) is 17.7 Å². The Morgan fingerprint density at radius 3 is 2.94 bits per heavy atom. The standard InChI is InChI=1S/C14H16ClN3/c15-14-8-13-11(9-17-14)1-2-12(18-13)7-10-3-5-16-6-4-10/h1-2,7-9,14,16-17H,3-6H2. The summed E-state index contributed by atoms with van der Waals surface area (Å²) in [6.07, 6.45) is 8.31. The molecular weight excluding hydrogens is 246 g/mol.